The second-order valence-corrected chi connectivity index (χ2v) is 1.18. The quantitative estimate of drug-likeness (QED) is 0.447. The van der Waals surface area contributed by atoms with Gasteiger partial charge in [0.15, 0.2) is 0 Å². The van der Waals surface area contributed by atoms with E-state index in [0.29, 0.717) is 6.42 Å². The first-order valence-corrected chi connectivity index (χ1v) is 1.89. The van der Waals surface area contributed by atoms with E-state index >= 15 is 0 Å². The summed E-state index contributed by atoms with van der Waals surface area (Å²) in [5.74, 6) is -0.106. The van der Waals surface area contributed by atoms with Crippen LogP contribution in [0.5, 0.6) is 0 Å². The Bertz CT molecular complexity index is 45.3. The number of hydrogen-bond acceptors (Lipinski definition) is 1. The summed E-state index contributed by atoms with van der Waals surface area (Å²) < 4.78 is 0. The Morgan fingerprint density at radius 1 is 1.71 bits per heavy atom. The number of hydrogen-bond donors (Lipinski definition) is 0. The van der Waals surface area contributed by atoms with Gasteiger partial charge in [-0.1, -0.05) is 0 Å². The molecule has 0 aromatic heterocycles. The Morgan fingerprint density at radius 2 is 2.14 bits per heavy atom. The molecule has 0 spiro atoms. The number of carbonyl (C=O) groups excluding carboxylic acids is 1. The molecule has 0 N–H and O–H groups in total. The minimum Gasteiger partial charge on any atom is -0.345 e. The fourth-order valence-corrected chi connectivity index (χ4v) is 0.0680. The van der Waals surface area contributed by atoms with Crippen molar-refractivity contribution in [1.82, 2.24) is 0 Å². The van der Waals surface area contributed by atoms with Crippen LogP contribution in [0.15, 0.2) is 0 Å². The van der Waals surface area contributed by atoms with Crippen LogP contribution in [0.3, 0.4) is 0 Å². The predicted molar refractivity (Wildman–Crippen MR) is 24.9 cm³/mol. The zero-order valence-corrected chi connectivity index (χ0v) is 7.10. The molecule has 39 valence electrons. The van der Waals surface area contributed by atoms with E-state index < -0.39 is 0 Å². The molecule has 0 amide bonds. The Balaban J connectivity index is 0. The van der Waals surface area contributed by atoms with E-state index in [9.17, 15) is 4.79 Å². The van der Waals surface area contributed by atoms with Gasteiger partial charge in [-0.05, 0) is 0 Å². The summed E-state index contributed by atoms with van der Waals surface area (Å²) in [5, 5.41) is 0. The first-order valence-electron chi connectivity index (χ1n) is 1.89. The molecule has 0 bridgehead atoms. The Morgan fingerprint density at radius 3 is 2.14 bits per heavy atom. The van der Waals surface area contributed by atoms with Gasteiger partial charge in [0, 0.05) is 32.7 Å². The molecule has 0 aromatic rings. The maximum atomic E-state index is 9.63. The van der Waals surface area contributed by atoms with Crippen molar-refractivity contribution in [2.45, 2.75) is 6.42 Å². The Labute approximate surface area is 69.7 Å². The molecule has 0 heterocycles. The van der Waals surface area contributed by atoms with E-state index in [1.54, 1.807) is 0 Å². The summed E-state index contributed by atoms with van der Waals surface area (Å²) in [6, 6.07) is 0. The van der Waals surface area contributed by atoms with Crippen LogP contribution in [0.1, 0.15) is 6.42 Å². The van der Waals surface area contributed by atoms with Crippen LogP contribution in [-0.4, -0.2) is 6.29 Å². The van der Waals surface area contributed by atoms with Gasteiger partial charge in [0.1, 0.15) is 0 Å². The molecule has 0 saturated heterocycles. The zero-order chi connectivity index (χ0) is 4.99. The molecule has 7 heavy (non-hydrogen) atoms. The van der Waals surface area contributed by atoms with Crippen molar-refractivity contribution in [2.75, 3.05) is 0 Å². The van der Waals surface area contributed by atoms with Crippen molar-refractivity contribution < 1.29 is 37.5 Å². The van der Waals surface area contributed by atoms with Crippen LogP contribution in [-0.2, 0) is 37.5 Å². The van der Waals surface area contributed by atoms with Crippen molar-refractivity contribution in [2.24, 2.45) is 5.92 Å². The van der Waals surface area contributed by atoms with Crippen LogP contribution in [0, 0.1) is 19.8 Å². The molecule has 0 saturated carbocycles. The number of carbonyl (C=O) groups is 1. The molecule has 0 fully saturated rings. The fourth-order valence-electron chi connectivity index (χ4n) is 0.0680. The summed E-state index contributed by atoms with van der Waals surface area (Å²) in [7, 11) is 0. The van der Waals surface area contributed by atoms with Gasteiger partial charge in [-0.15, -0.1) is 5.92 Å². The molecule has 0 rings (SSSR count). The predicted octanol–water partition coefficient (Wildman–Crippen LogP) is 0.857. The molecule has 1 atom stereocenters. The normalized spacial score (nSPS) is 11.7. The third-order valence-electron chi connectivity index (χ3n) is 0.563. The smallest absolute Gasteiger partial charge is 0.0903 e. The molecule has 0 aliphatic heterocycles. The average Bonchev–Trinajstić information content (AvgIpc) is 1.65. The summed E-state index contributed by atoms with van der Waals surface area (Å²) in [4.78, 5) is 9.63. The van der Waals surface area contributed by atoms with Gasteiger partial charge in [0.05, 0.1) is 6.29 Å². The van der Waals surface area contributed by atoms with Crippen LogP contribution < -0.4 is 0 Å². The SMILES string of the molecule is [CH2-]CC([CH2-])C=O.[Y]. The maximum Gasteiger partial charge on any atom is 0.0903 e. The first kappa shape index (κ1) is 10.7. The van der Waals surface area contributed by atoms with Gasteiger partial charge < -0.3 is 18.6 Å². The molecule has 1 nitrogen and oxygen atoms in total. The van der Waals surface area contributed by atoms with E-state index in [1.807, 2.05) is 0 Å². The number of rotatable bonds is 2. The van der Waals surface area contributed by atoms with Gasteiger partial charge in [-0.3, -0.25) is 0 Å². The molecule has 0 aliphatic rings. The summed E-state index contributed by atoms with van der Waals surface area (Å²) in [6.07, 6.45) is 1.40. The van der Waals surface area contributed by atoms with E-state index in [0.717, 1.165) is 6.29 Å². The summed E-state index contributed by atoms with van der Waals surface area (Å²) in [5.41, 5.74) is 0. The Kier molecular flexibility index (Phi) is 10.4. The van der Waals surface area contributed by atoms with E-state index in [2.05, 4.69) is 13.8 Å². The Hall–Kier alpha value is 0.774. The standard InChI is InChI=1S/C5H8O.Y/c1-3-5(2)4-6;/h4-5H,1-3H2;/q-2;. The zero-order valence-electron chi connectivity index (χ0n) is 4.26. The topological polar surface area (TPSA) is 17.1 Å². The van der Waals surface area contributed by atoms with E-state index in [-0.39, 0.29) is 38.6 Å². The third-order valence-corrected chi connectivity index (χ3v) is 0.563. The molecule has 1 unspecified atom stereocenters. The second-order valence-electron chi connectivity index (χ2n) is 1.18. The second kappa shape index (κ2) is 6.77. The average molecular weight is 173 g/mol. The van der Waals surface area contributed by atoms with Crippen LogP contribution in [0.2, 0.25) is 0 Å². The van der Waals surface area contributed by atoms with Gasteiger partial charge >= 0.3 is 0 Å². The molecular weight excluding hydrogens is 165 g/mol. The maximum absolute atomic E-state index is 9.63. The van der Waals surface area contributed by atoms with Crippen LogP contribution in [0.4, 0.5) is 0 Å². The molecule has 1 radical (unpaired) electrons. The van der Waals surface area contributed by atoms with Gasteiger partial charge in [0.2, 0.25) is 0 Å². The third kappa shape index (κ3) is 6.77. The minimum atomic E-state index is -0.106. The summed E-state index contributed by atoms with van der Waals surface area (Å²) in [6.45, 7) is 6.91. The van der Waals surface area contributed by atoms with Crippen LogP contribution >= 0.6 is 0 Å². The molecule has 0 aliphatic carbocycles. The van der Waals surface area contributed by atoms with Gasteiger partial charge in [-0.25, -0.2) is 6.42 Å². The van der Waals surface area contributed by atoms with Crippen molar-refractivity contribution in [3.05, 3.63) is 13.8 Å². The minimum absolute atomic E-state index is 0. The summed E-state index contributed by atoms with van der Waals surface area (Å²) >= 11 is 0. The van der Waals surface area contributed by atoms with Gasteiger partial charge in [0.25, 0.3) is 0 Å². The van der Waals surface area contributed by atoms with Crippen molar-refractivity contribution in [3.63, 3.8) is 0 Å². The van der Waals surface area contributed by atoms with E-state index in [1.165, 1.54) is 0 Å². The fraction of sp³-hybridized carbons (Fsp3) is 0.400. The van der Waals surface area contributed by atoms with Crippen LogP contribution in [0.25, 0.3) is 0 Å². The first-order chi connectivity index (χ1) is 2.81. The van der Waals surface area contributed by atoms with Crippen molar-refractivity contribution >= 4 is 6.29 Å². The molecule has 2 heteroatoms. The van der Waals surface area contributed by atoms with E-state index in [4.69, 9.17) is 0 Å². The van der Waals surface area contributed by atoms with Gasteiger partial charge in [-0.2, -0.15) is 0 Å². The van der Waals surface area contributed by atoms with Crippen molar-refractivity contribution in [3.8, 4) is 0 Å². The number of aldehydes is 1. The monoisotopic (exact) mass is 173 g/mol. The largest absolute Gasteiger partial charge is 0.345 e. The van der Waals surface area contributed by atoms with Crippen molar-refractivity contribution in [1.29, 1.82) is 0 Å². The molecular formula is C5H8OY-2. The molecule has 0 aromatic carbocycles.